The number of hydrogen-bond donors (Lipinski definition) is 1. The van der Waals surface area contributed by atoms with Crippen molar-refractivity contribution in [1.29, 1.82) is 5.26 Å². The van der Waals surface area contributed by atoms with Crippen molar-refractivity contribution in [2.45, 2.75) is 6.42 Å². The van der Waals surface area contributed by atoms with E-state index in [0.29, 0.717) is 12.0 Å². The van der Waals surface area contributed by atoms with Crippen LogP contribution in [0.5, 0.6) is 0 Å². The summed E-state index contributed by atoms with van der Waals surface area (Å²) in [5, 5.41) is 22.3. The maximum absolute atomic E-state index is 12.2. The van der Waals surface area contributed by atoms with Crippen LogP contribution in [-0.2, 0) is 39.1 Å². The summed E-state index contributed by atoms with van der Waals surface area (Å²) in [6.45, 7) is 3.72. The maximum atomic E-state index is 12.2. The predicted octanol–water partition coefficient (Wildman–Crippen LogP) is 2.89. The summed E-state index contributed by atoms with van der Waals surface area (Å²) in [4.78, 5) is 22.3. The topological polar surface area (TPSA) is 96.0 Å². The summed E-state index contributed by atoms with van der Waals surface area (Å²) in [5.41, 5.74) is 1.24. The van der Waals surface area contributed by atoms with E-state index in [1.54, 1.807) is 18.2 Å². The number of benzene rings is 2. The van der Waals surface area contributed by atoms with Crippen LogP contribution in [0, 0.1) is 34.4 Å². The summed E-state index contributed by atoms with van der Waals surface area (Å²) in [6, 6.07) is 13.3. The van der Waals surface area contributed by atoms with Crippen LogP contribution < -0.4 is 5.32 Å². The molecule has 2 rings (SSSR count). The van der Waals surface area contributed by atoms with Gasteiger partial charge in [0.2, 0.25) is 5.91 Å². The zero-order valence-corrected chi connectivity index (χ0v) is 14.9. The summed E-state index contributed by atoms with van der Waals surface area (Å²) in [5.74, 6) is -0.408. The molecule has 0 saturated heterocycles. The SMILES string of the molecule is [CH2-]Cc1[c-]ccc(C(=O)Nc2ccc([N+](=O)[O-])cc2C#N)c1.[Y]. The van der Waals surface area contributed by atoms with Crippen molar-refractivity contribution in [2.24, 2.45) is 0 Å². The van der Waals surface area contributed by atoms with E-state index in [2.05, 4.69) is 18.3 Å². The van der Waals surface area contributed by atoms with Gasteiger partial charge in [0.1, 0.15) is 6.07 Å². The Labute approximate surface area is 158 Å². The quantitative estimate of drug-likeness (QED) is 0.500. The molecule has 1 N–H and O–H groups in total. The van der Waals surface area contributed by atoms with Gasteiger partial charge in [-0.2, -0.15) is 41.5 Å². The number of carbonyl (C=O) groups is 1. The number of nitriles is 1. The van der Waals surface area contributed by atoms with Crippen molar-refractivity contribution in [3.63, 3.8) is 0 Å². The molecule has 0 aliphatic rings. The molecule has 0 aliphatic carbocycles. The molecular weight excluding hydrogens is 371 g/mol. The van der Waals surface area contributed by atoms with E-state index in [0.717, 1.165) is 11.6 Å². The Morgan fingerprint density at radius 1 is 1.39 bits per heavy atom. The van der Waals surface area contributed by atoms with E-state index in [1.807, 2.05) is 6.07 Å². The Bertz CT molecular complexity index is 784. The molecule has 23 heavy (non-hydrogen) atoms. The minimum absolute atomic E-state index is 0. The molecule has 0 fully saturated rings. The second-order valence-corrected chi connectivity index (χ2v) is 4.41. The molecule has 0 aliphatic heterocycles. The Morgan fingerprint density at radius 2 is 2.13 bits per heavy atom. The smallest absolute Gasteiger partial charge is 0.270 e. The number of nitrogens with zero attached hydrogens (tertiary/aromatic N) is 2. The standard InChI is InChI=1S/C16H11N3O3.Y/c1-2-11-4-3-5-12(8-11)16(20)18-15-7-6-14(19(21)22)9-13(15)10-17;/h3,5-9H,1-2H2,(H,18,20);/q-2;. The molecule has 6 nitrogen and oxygen atoms in total. The summed E-state index contributed by atoms with van der Waals surface area (Å²) in [6.07, 6.45) is 0.502. The van der Waals surface area contributed by atoms with Gasteiger partial charge in [0, 0.05) is 44.8 Å². The van der Waals surface area contributed by atoms with Crippen LogP contribution in [0.4, 0.5) is 11.4 Å². The van der Waals surface area contributed by atoms with Gasteiger partial charge in [-0.3, -0.25) is 14.9 Å². The molecule has 0 heterocycles. The van der Waals surface area contributed by atoms with Gasteiger partial charge in [-0.05, 0) is 6.07 Å². The molecule has 113 valence electrons. The minimum Gasteiger partial charge on any atom is -0.341 e. The summed E-state index contributed by atoms with van der Waals surface area (Å²) < 4.78 is 0. The van der Waals surface area contributed by atoms with Crippen molar-refractivity contribution < 1.29 is 42.4 Å². The van der Waals surface area contributed by atoms with Crippen molar-refractivity contribution in [2.75, 3.05) is 5.32 Å². The maximum Gasteiger partial charge on any atom is 0.270 e. The molecule has 0 unspecified atom stereocenters. The molecule has 0 atom stereocenters. The first kappa shape index (κ1) is 19.0. The van der Waals surface area contributed by atoms with E-state index in [1.165, 1.54) is 12.1 Å². The van der Waals surface area contributed by atoms with Crippen LogP contribution in [0.15, 0.2) is 36.4 Å². The van der Waals surface area contributed by atoms with Crippen molar-refractivity contribution in [1.82, 2.24) is 0 Å². The molecule has 0 aromatic heterocycles. The molecule has 1 amide bonds. The molecule has 2 aromatic rings. The van der Waals surface area contributed by atoms with Gasteiger partial charge in [0.25, 0.3) is 5.69 Å². The number of nitro benzene ring substituents is 1. The van der Waals surface area contributed by atoms with Gasteiger partial charge in [0.15, 0.2) is 0 Å². The normalized spacial score (nSPS) is 9.39. The molecule has 1 radical (unpaired) electrons. The third kappa shape index (κ3) is 4.68. The van der Waals surface area contributed by atoms with Crippen molar-refractivity contribution in [3.8, 4) is 6.07 Å². The number of anilines is 1. The fraction of sp³-hybridized carbons (Fsp3) is 0.0625. The average molecular weight is 382 g/mol. The molecule has 2 aromatic carbocycles. The predicted molar refractivity (Wildman–Crippen MR) is 80.1 cm³/mol. The third-order valence-electron chi connectivity index (χ3n) is 2.98. The van der Waals surface area contributed by atoms with Crippen LogP contribution >= 0.6 is 0 Å². The Kier molecular flexibility index (Phi) is 7.02. The van der Waals surface area contributed by atoms with Gasteiger partial charge in [-0.15, -0.1) is 0 Å². The number of hydrogen-bond acceptors (Lipinski definition) is 4. The second-order valence-electron chi connectivity index (χ2n) is 4.41. The van der Waals surface area contributed by atoms with Crippen LogP contribution in [0.1, 0.15) is 21.5 Å². The molecule has 0 spiro atoms. The fourth-order valence-electron chi connectivity index (χ4n) is 1.84. The Balaban J connectivity index is 0.00000264. The molecule has 0 bridgehead atoms. The average Bonchev–Trinajstić information content (AvgIpc) is 2.54. The van der Waals surface area contributed by atoms with Crippen LogP contribution in [-0.4, -0.2) is 10.8 Å². The largest absolute Gasteiger partial charge is 0.341 e. The van der Waals surface area contributed by atoms with Gasteiger partial charge in [0.05, 0.1) is 16.2 Å². The zero-order chi connectivity index (χ0) is 16.1. The van der Waals surface area contributed by atoms with Crippen LogP contribution in [0.25, 0.3) is 0 Å². The van der Waals surface area contributed by atoms with Gasteiger partial charge >= 0.3 is 0 Å². The Morgan fingerprint density at radius 3 is 2.74 bits per heavy atom. The van der Waals surface area contributed by atoms with Gasteiger partial charge in [-0.25, -0.2) is 0 Å². The zero-order valence-electron chi connectivity index (χ0n) is 12.1. The summed E-state index contributed by atoms with van der Waals surface area (Å²) in [7, 11) is 0. The minimum atomic E-state index is -0.597. The van der Waals surface area contributed by atoms with Gasteiger partial charge < -0.3 is 12.2 Å². The first-order valence-corrected chi connectivity index (χ1v) is 6.35. The van der Waals surface area contributed by atoms with E-state index >= 15 is 0 Å². The number of rotatable bonds is 4. The van der Waals surface area contributed by atoms with E-state index in [-0.39, 0.29) is 49.6 Å². The molecule has 7 heteroatoms. The van der Waals surface area contributed by atoms with E-state index < -0.39 is 10.8 Å². The number of carbonyl (C=O) groups excluding carboxylic acids is 1. The number of non-ortho nitro benzene ring substituents is 1. The van der Waals surface area contributed by atoms with E-state index in [9.17, 15) is 14.9 Å². The van der Waals surface area contributed by atoms with Crippen molar-refractivity contribution >= 4 is 17.3 Å². The molecular formula is C16H11N3O3Y-2. The van der Waals surface area contributed by atoms with Crippen LogP contribution in [0.2, 0.25) is 0 Å². The fourth-order valence-corrected chi connectivity index (χ4v) is 1.84. The third-order valence-corrected chi connectivity index (χ3v) is 2.98. The number of amides is 1. The second kappa shape index (κ2) is 8.51. The van der Waals surface area contributed by atoms with Crippen LogP contribution in [0.3, 0.4) is 0 Å². The number of nitrogens with one attached hydrogen (secondary N) is 1. The van der Waals surface area contributed by atoms with Gasteiger partial charge in [-0.1, -0.05) is 5.56 Å². The monoisotopic (exact) mass is 382 g/mol. The Hall–Kier alpha value is -2.10. The summed E-state index contributed by atoms with van der Waals surface area (Å²) >= 11 is 0. The van der Waals surface area contributed by atoms with Crippen molar-refractivity contribution in [3.05, 3.63) is 76.2 Å². The first-order valence-electron chi connectivity index (χ1n) is 6.35. The first-order chi connectivity index (χ1) is 10.5. The molecule has 0 saturated carbocycles. The van der Waals surface area contributed by atoms with E-state index in [4.69, 9.17) is 5.26 Å². The number of nitro groups is 1.